The van der Waals surface area contributed by atoms with Crippen LogP contribution in [0.4, 0.5) is 5.69 Å². The summed E-state index contributed by atoms with van der Waals surface area (Å²) in [7, 11) is 1.59. The minimum absolute atomic E-state index is 0.241. The van der Waals surface area contributed by atoms with Crippen LogP contribution in [0.25, 0.3) is 11.1 Å². The molecule has 1 amide bonds. The third-order valence-corrected chi connectivity index (χ3v) is 10.3. The molecule has 2 aromatic carbocycles. The van der Waals surface area contributed by atoms with Crippen molar-refractivity contribution in [2.75, 3.05) is 12.4 Å². The Bertz CT molecular complexity index is 2240. The number of rotatable bonds is 6. The molecule has 45 heavy (non-hydrogen) atoms. The first-order valence-corrected chi connectivity index (χ1v) is 16.0. The van der Waals surface area contributed by atoms with E-state index in [0.717, 1.165) is 38.0 Å². The average Bonchev–Trinajstić information content (AvgIpc) is 3.60. The molecule has 5 aromatic rings. The van der Waals surface area contributed by atoms with Gasteiger partial charge < -0.3 is 14.6 Å². The van der Waals surface area contributed by atoms with Gasteiger partial charge in [-0.3, -0.25) is 14.2 Å². The number of nitrogens with zero attached hydrogens (tertiary/aromatic N) is 4. The van der Waals surface area contributed by atoms with Gasteiger partial charge in [0.2, 0.25) is 0 Å². The third kappa shape index (κ3) is 5.24. The molecule has 1 atom stereocenters. The Morgan fingerprint density at radius 1 is 1.04 bits per heavy atom. The van der Waals surface area contributed by atoms with E-state index in [1.165, 1.54) is 11.3 Å². The van der Waals surface area contributed by atoms with Gasteiger partial charge >= 0.3 is 0 Å². The van der Waals surface area contributed by atoms with Crippen LogP contribution in [-0.2, 0) is 4.79 Å². The molecule has 0 saturated carbocycles. The molecular formula is C35H31N5O3S2. The highest BCUT2D eigenvalue weighted by atomic mass is 32.1. The molecule has 0 bridgehead atoms. The van der Waals surface area contributed by atoms with Crippen molar-refractivity contribution in [2.24, 2.45) is 4.99 Å². The summed E-state index contributed by atoms with van der Waals surface area (Å²) in [5, 5.41) is 13.7. The minimum atomic E-state index is -0.718. The number of allylic oxidation sites excluding steroid dienone is 1. The molecule has 3 aromatic heterocycles. The van der Waals surface area contributed by atoms with Crippen molar-refractivity contribution in [1.29, 1.82) is 5.26 Å². The Balaban J connectivity index is 1.51. The van der Waals surface area contributed by atoms with Crippen LogP contribution in [0.15, 0.2) is 81.7 Å². The number of thiophene rings is 1. The molecule has 8 nitrogen and oxygen atoms in total. The van der Waals surface area contributed by atoms with E-state index in [-0.39, 0.29) is 11.5 Å². The summed E-state index contributed by atoms with van der Waals surface area (Å²) in [5.41, 5.74) is 6.49. The Morgan fingerprint density at radius 3 is 2.51 bits per heavy atom. The molecule has 4 heterocycles. The zero-order valence-corrected chi connectivity index (χ0v) is 27.4. The number of anilines is 1. The van der Waals surface area contributed by atoms with Gasteiger partial charge in [0.15, 0.2) is 4.80 Å². The van der Waals surface area contributed by atoms with Gasteiger partial charge in [-0.2, -0.15) is 5.26 Å². The number of fused-ring (bicyclic) bond motifs is 1. The smallest absolute Gasteiger partial charge is 0.271 e. The maximum absolute atomic E-state index is 14.3. The minimum Gasteiger partial charge on any atom is -0.497 e. The van der Waals surface area contributed by atoms with Crippen molar-refractivity contribution in [3.8, 4) is 16.8 Å². The van der Waals surface area contributed by atoms with Gasteiger partial charge in [0.05, 0.1) is 34.5 Å². The fourth-order valence-electron chi connectivity index (χ4n) is 5.74. The van der Waals surface area contributed by atoms with Crippen molar-refractivity contribution in [3.05, 3.63) is 130 Å². The van der Waals surface area contributed by atoms with Gasteiger partial charge in [-0.05, 0) is 87.7 Å². The number of carbonyl (C=O) groups excluding carboxylic acids is 1. The topological polar surface area (TPSA) is 101 Å². The van der Waals surface area contributed by atoms with Gasteiger partial charge in [0.25, 0.3) is 11.5 Å². The summed E-state index contributed by atoms with van der Waals surface area (Å²) >= 11 is 2.88. The van der Waals surface area contributed by atoms with E-state index < -0.39 is 6.04 Å². The van der Waals surface area contributed by atoms with E-state index >= 15 is 0 Å². The van der Waals surface area contributed by atoms with Gasteiger partial charge in [-0.1, -0.05) is 41.7 Å². The first-order valence-electron chi connectivity index (χ1n) is 14.3. The lowest BCUT2D eigenvalue weighted by molar-refractivity contribution is -0.113. The number of amides is 1. The van der Waals surface area contributed by atoms with Crippen molar-refractivity contribution in [3.63, 3.8) is 0 Å². The third-order valence-electron chi connectivity index (χ3n) is 8.15. The molecule has 0 saturated heterocycles. The number of benzene rings is 2. The quantitative estimate of drug-likeness (QED) is 0.254. The number of aromatic nitrogens is 2. The summed E-state index contributed by atoms with van der Waals surface area (Å²) in [6.07, 6.45) is 1.88. The van der Waals surface area contributed by atoms with Gasteiger partial charge in [-0.25, -0.2) is 4.99 Å². The second kappa shape index (κ2) is 11.8. The Hall–Kier alpha value is -4.98. The van der Waals surface area contributed by atoms with Crippen LogP contribution in [0.5, 0.6) is 5.75 Å². The number of para-hydroxylation sites is 1. The normalized spacial score (nSPS) is 14.6. The number of aryl methyl sites for hydroxylation is 2. The van der Waals surface area contributed by atoms with Crippen molar-refractivity contribution < 1.29 is 9.53 Å². The van der Waals surface area contributed by atoms with E-state index in [1.807, 2.05) is 94.4 Å². The molecule has 1 N–H and O–H groups in total. The monoisotopic (exact) mass is 633 g/mol. The zero-order valence-electron chi connectivity index (χ0n) is 25.8. The van der Waals surface area contributed by atoms with Crippen molar-refractivity contribution in [2.45, 2.75) is 40.7 Å². The van der Waals surface area contributed by atoms with E-state index in [0.29, 0.717) is 37.6 Å². The standard InChI is InChI=1S/C35H31N5O3S2/c1-19-15-25(22(4)39(19)34-28(18-36)20(2)23(5)44-34)17-29-33(42)40-31(24-11-10-14-27(16-24)43-6)30(21(3)37-35(40)45-29)32(41)38-26-12-8-7-9-13-26/h7-17,31H,1-6H3,(H,38,41)/b29-17+/t31-/m1/s1. The summed E-state index contributed by atoms with van der Waals surface area (Å²) in [6.45, 7) is 9.79. The van der Waals surface area contributed by atoms with Crippen LogP contribution in [0.2, 0.25) is 0 Å². The van der Waals surface area contributed by atoms with Gasteiger partial charge in [-0.15, -0.1) is 11.3 Å². The van der Waals surface area contributed by atoms with E-state index in [9.17, 15) is 14.9 Å². The number of carbonyl (C=O) groups is 1. The summed E-state index contributed by atoms with van der Waals surface area (Å²) in [5.74, 6) is 0.290. The van der Waals surface area contributed by atoms with Crippen molar-refractivity contribution in [1.82, 2.24) is 9.13 Å². The molecule has 226 valence electrons. The number of hydrogen-bond donors (Lipinski definition) is 1. The summed E-state index contributed by atoms with van der Waals surface area (Å²) in [6, 6.07) is 20.3. The lowest BCUT2D eigenvalue weighted by Crippen LogP contribution is -2.40. The first kappa shape index (κ1) is 30.1. The van der Waals surface area contributed by atoms with Crippen LogP contribution in [0, 0.1) is 39.0 Å². The molecule has 10 heteroatoms. The van der Waals surface area contributed by atoms with Crippen LogP contribution in [0.1, 0.15) is 51.5 Å². The number of nitriles is 1. The molecule has 1 aliphatic rings. The van der Waals surface area contributed by atoms with Crippen LogP contribution < -0.4 is 24.9 Å². The molecular weight excluding hydrogens is 603 g/mol. The Morgan fingerprint density at radius 2 is 1.80 bits per heavy atom. The number of methoxy groups -OCH3 is 1. The van der Waals surface area contributed by atoms with E-state index in [2.05, 4.69) is 16.0 Å². The van der Waals surface area contributed by atoms with Crippen LogP contribution in [0.3, 0.4) is 0 Å². The van der Waals surface area contributed by atoms with E-state index in [4.69, 9.17) is 9.73 Å². The Kier molecular flexibility index (Phi) is 7.91. The number of thiazole rings is 1. The maximum Gasteiger partial charge on any atom is 0.271 e. The highest BCUT2D eigenvalue weighted by Crippen LogP contribution is 2.34. The molecule has 0 aliphatic carbocycles. The lowest BCUT2D eigenvalue weighted by Gasteiger charge is -2.25. The molecule has 0 unspecified atom stereocenters. The summed E-state index contributed by atoms with van der Waals surface area (Å²) < 4.78 is 9.69. The summed E-state index contributed by atoms with van der Waals surface area (Å²) in [4.78, 5) is 34.5. The van der Waals surface area contributed by atoms with Gasteiger partial charge in [0.1, 0.15) is 16.8 Å². The average molecular weight is 634 g/mol. The van der Waals surface area contributed by atoms with Crippen LogP contribution >= 0.6 is 22.7 Å². The van der Waals surface area contributed by atoms with Gasteiger partial charge in [0, 0.05) is 22.0 Å². The SMILES string of the molecule is COc1cccc([C@@H]2C(C(=O)Nc3ccccc3)=C(C)N=c3s/c(=C/c4cc(C)n(-c5sc(C)c(C)c5C#N)c4C)c(=O)n32)c1. The number of ether oxygens (including phenoxy) is 1. The molecule has 0 spiro atoms. The van der Waals surface area contributed by atoms with Crippen LogP contribution in [-0.4, -0.2) is 22.2 Å². The zero-order chi connectivity index (χ0) is 32.0. The largest absolute Gasteiger partial charge is 0.497 e. The molecule has 1 aliphatic heterocycles. The molecule has 0 radical (unpaired) electrons. The highest BCUT2D eigenvalue weighted by molar-refractivity contribution is 7.15. The van der Waals surface area contributed by atoms with Crippen molar-refractivity contribution >= 4 is 40.3 Å². The fraction of sp³-hybridized carbons (Fsp3) is 0.200. The predicted molar refractivity (Wildman–Crippen MR) is 179 cm³/mol. The van der Waals surface area contributed by atoms with E-state index in [1.54, 1.807) is 29.9 Å². The number of nitrogens with one attached hydrogen (secondary N) is 1. The predicted octanol–water partition coefficient (Wildman–Crippen LogP) is 5.84. The number of hydrogen-bond acceptors (Lipinski definition) is 7. The second-order valence-electron chi connectivity index (χ2n) is 10.9. The second-order valence-corrected chi connectivity index (χ2v) is 13.1. The lowest BCUT2D eigenvalue weighted by atomic mass is 9.95. The fourth-order valence-corrected chi connectivity index (χ4v) is 8.00. The molecule has 0 fully saturated rings. The maximum atomic E-state index is 14.3. The highest BCUT2D eigenvalue weighted by Gasteiger charge is 2.33. The Labute approximate surface area is 268 Å². The first-order chi connectivity index (χ1) is 21.6. The molecule has 6 rings (SSSR count).